The molecular formula is C24H22ClNO3S2. The summed E-state index contributed by atoms with van der Waals surface area (Å²) < 4.78 is 42.6. The van der Waals surface area contributed by atoms with Crippen LogP contribution in [0.3, 0.4) is 0 Å². The lowest BCUT2D eigenvalue weighted by molar-refractivity contribution is 0.446. The molecule has 7 heteroatoms. The molecule has 2 atom stereocenters. The van der Waals surface area contributed by atoms with Crippen LogP contribution in [-0.2, 0) is 20.8 Å². The molecule has 160 valence electrons. The predicted octanol–water partition coefficient (Wildman–Crippen LogP) is 5.48. The zero-order chi connectivity index (χ0) is 22.2. The van der Waals surface area contributed by atoms with Crippen molar-refractivity contribution >= 4 is 32.4 Å². The van der Waals surface area contributed by atoms with E-state index in [2.05, 4.69) is 0 Å². The third-order valence-corrected chi connectivity index (χ3v) is 9.05. The van der Waals surface area contributed by atoms with Crippen LogP contribution in [0.4, 0.5) is 0 Å². The van der Waals surface area contributed by atoms with Crippen LogP contribution >= 0.6 is 11.6 Å². The van der Waals surface area contributed by atoms with Gasteiger partial charge in [0.05, 0.1) is 20.7 Å². The Hall–Kier alpha value is -2.25. The maximum absolute atomic E-state index is 13.6. The second-order valence-electron chi connectivity index (χ2n) is 7.55. The quantitative estimate of drug-likeness (QED) is 0.495. The average Bonchev–Trinajstić information content (AvgIpc) is 3.13. The van der Waals surface area contributed by atoms with Gasteiger partial charge in [0.2, 0.25) is 9.84 Å². The summed E-state index contributed by atoms with van der Waals surface area (Å²) in [4.78, 5) is 1.14. The topological polar surface area (TPSA) is 54.5 Å². The van der Waals surface area contributed by atoms with Crippen molar-refractivity contribution in [1.82, 2.24) is 4.31 Å². The second-order valence-corrected chi connectivity index (χ2v) is 11.3. The SMILES string of the molecule is CC1=C(S(=O)(=O)c2ccccc2)[C@@H](c2ccc(Cl)cc2)N(S(=O)c2ccc(C)cc2)C1. The molecule has 3 aromatic carbocycles. The molecule has 0 saturated heterocycles. The van der Waals surface area contributed by atoms with E-state index in [0.29, 0.717) is 15.5 Å². The molecule has 0 radical (unpaired) electrons. The van der Waals surface area contributed by atoms with Gasteiger partial charge in [-0.25, -0.2) is 16.9 Å². The van der Waals surface area contributed by atoms with E-state index in [1.54, 1.807) is 65.8 Å². The van der Waals surface area contributed by atoms with Crippen LogP contribution in [0.15, 0.2) is 99.1 Å². The molecule has 0 N–H and O–H groups in total. The van der Waals surface area contributed by atoms with E-state index in [1.165, 1.54) is 0 Å². The molecule has 0 amide bonds. The van der Waals surface area contributed by atoms with Crippen molar-refractivity contribution in [2.75, 3.05) is 6.54 Å². The first-order valence-electron chi connectivity index (χ1n) is 9.79. The van der Waals surface area contributed by atoms with Gasteiger partial charge in [0.15, 0.2) is 0 Å². The molecule has 0 spiro atoms. The lowest BCUT2D eigenvalue weighted by Gasteiger charge is -2.26. The van der Waals surface area contributed by atoms with Gasteiger partial charge in [-0.15, -0.1) is 0 Å². The molecule has 1 unspecified atom stereocenters. The Balaban J connectivity index is 1.84. The van der Waals surface area contributed by atoms with E-state index in [9.17, 15) is 12.6 Å². The zero-order valence-corrected chi connectivity index (χ0v) is 19.5. The summed E-state index contributed by atoms with van der Waals surface area (Å²) in [5.74, 6) is 0. The van der Waals surface area contributed by atoms with Gasteiger partial charge >= 0.3 is 0 Å². The molecular weight excluding hydrogens is 450 g/mol. The smallest absolute Gasteiger partial charge is 0.204 e. The van der Waals surface area contributed by atoms with Crippen molar-refractivity contribution in [1.29, 1.82) is 0 Å². The highest BCUT2D eigenvalue weighted by Crippen LogP contribution is 2.44. The molecule has 3 aromatic rings. The summed E-state index contributed by atoms with van der Waals surface area (Å²) in [7, 11) is -5.32. The molecule has 4 rings (SSSR count). The van der Waals surface area contributed by atoms with Gasteiger partial charge in [-0.2, -0.15) is 0 Å². The van der Waals surface area contributed by atoms with Crippen LogP contribution in [0.5, 0.6) is 0 Å². The van der Waals surface area contributed by atoms with E-state index in [4.69, 9.17) is 11.6 Å². The first-order chi connectivity index (χ1) is 14.8. The van der Waals surface area contributed by atoms with Crippen molar-refractivity contribution in [2.45, 2.75) is 29.7 Å². The van der Waals surface area contributed by atoms with Crippen LogP contribution in [0.1, 0.15) is 24.1 Å². The Kier molecular flexibility index (Phi) is 6.17. The maximum Gasteiger partial charge on any atom is 0.204 e. The van der Waals surface area contributed by atoms with E-state index in [1.807, 2.05) is 31.2 Å². The van der Waals surface area contributed by atoms with Gasteiger partial charge in [-0.3, -0.25) is 0 Å². The van der Waals surface area contributed by atoms with Crippen molar-refractivity contribution in [2.24, 2.45) is 0 Å². The fraction of sp³-hybridized carbons (Fsp3) is 0.167. The molecule has 0 aromatic heterocycles. The lowest BCUT2D eigenvalue weighted by atomic mass is 10.1. The van der Waals surface area contributed by atoms with Crippen LogP contribution < -0.4 is 0 Å². The number of benzene rings is 3. The van der Waals surface area contributed by atoms with Crippen LogP contribution in [0, 0.1) is 6.92 Å². The highest BCUT2D eigenvalue weighted by molar-refractivity contribution is 7.95. The molecule has 0 bridgehead atoms. The largest absolute Gasteiger partial charge is 0.237 e. The summed E-state index contributed by atoms with van der Waals surface area (Å²) in [6.07, 6.45) is 0. The van der Waals surface area contributed by atoms with Crippen molar-refractivity contribution in [3.8, 4) is 0 Å². The fourth-order valence-electron chi connectivity index (χ4n) is 3.78. The minimum atomic E-state index is -3.78. The number of nitrogens with zero attached hydrogens (tertiary/aromatic N) is 1. The Labute approximate surface area is 190 Å². The lowest BCUT2D eigenvalue weighted by Crippen LogP contribution is -2.29. The van der Waals surface area contributed by atoms with E-state index in [-0.39, 0.29) is 16.3 Å². The van der Waals surface area contributed by atoms with Crippen molar-refractivity contribution < 1.29 is 12.6 Å². The minimum Gasteiger partial charge on any atom is -0.237 e. The highest BCUT2D eigenvalue weighted by atomic mass is 35.5. The maximum atomic E-state index is 13.6. The molecule has 1 aliphatic heterocycles. The van der Waals surface area contributed by atoms with Crippen LogP contribution in [-0.4, -0.2) is 23.5 Å². The molecule has 0 aliphatic carbocycles. The van der Waals surface area contributed by atoms with E-state index >= 15 is 0 Å². The highest BCUT2D eigenvalue weighted by Gasteiger charge is 2.42. The van der Waals surface area contributed by atoms with Gasteiger partial charge in [0.1, 0.15) is 11.0 Å². The average molecular weight is 472 g/mol. The Morgan fingerprint density at radius 2 is 1.52 bits per heavy atom. The summed E-state index contributed by atoms with van der Waals surface area (Å²) in [6.45, 7) is 4.05. The number of aryl methyl sites for hydroxylation is 1. The van der Waals surface area contributed by atoms with Gasteiger partial charge in [0, 0.05) is 11.6 Å². The second kappa shape index (κ2) is 8.71. The molecule has 31 heavy (non-hydrogen) atoms. The molecule has 4 nitrogen and oxygen atoms in total. The first kappa shape index (κ1) is 22.0. The standard InChI is InChI=1S/C24H22ClNO3S2/c1-17-8-14-21(15-9-17)30(27)26-16-18(2)24(23(26)19-10-12-20(25)13-11-19)31(28,29)22-6-4-3-5-7-22/h3-15,23H,16H2,1-2H3/t23-,30?/m1/s1. The predicted molar refractivity (Wildman–Crippen MR) is 125 cm³/mol. The number of hydrogen-bond acceptors (Lipinski definition) is 3. The number of hydrogen-bond donors (Lipinski definition) is 0. The molecule has 1 aliphatic rings. The third kappa shape index (κ3) is 4.26. The van der Waals surface area contributed by atoms with Gasteiger partial charge < -0.3 is 0 Å². The summed E-state index contributed by atoms with van der Waals surface area (Å²) in [5.41, 5.74) is 2.48. The van der Waals surface area contributed by atoms with Crippen molar-refractivity contribution in [3.63, 3.8) is 0 Å². The number of halogens is 1. The van der Waals surface area contributed by atoms with Gasteiger partial charge in [-0.1, -0.05) is 59.6 Å². The van der Waals surface area contributed by atoms with Crippen LogP contribution in [0.2, 0.25) is 5.02 Å². The summed E-state index contributed by atoms with van der Waals surface area (Å²) in [5, 5.41) is 0.557. The van der Waals surface area contributed by atoms with Crippen molar-refractivity contribution in [3.05, 3.63) is 105 Å². The molecule has 0 saturated carbocycles. The summed E-state index contributed by atoms with van der Waals surface area (Å²) >= 11 is 6.07. The molecule has 1 heterocycles. The Morgan fingerprint density at radius 1 is 0.903 bits per heavy atom. The minimum absolute atomic E-state index is 0.228. The zero-order valence-electron chi connectivity index (χ0n) is 17.2. The number of rotatable bonds is 5. The first-order valence-corrected chi connectivity index (χ1v) is 12.8. The Morgan fingerprint density at radius 3 is 2.13 bits per heavy atom. The number of sulfone groups is 1. The van der Waals surface area contributed by atoms with Crippen LogP contribution in [0.25, 0.3) is 0 Å². The Bertz CT molecular complexity index is 1250. The van der Waals surface area contributed by atoms with E-state index < -0.39 is 26.9 Å². The van der Waals surface area contributed by atoms with Gasteiger partial charge in [0.25, 0.3) is 0 Å². The fourth-order valence-corrected chi connectivity index (χ4v) is 7.19. The molecule has 0 fully saturated rings. The monoisotopic (exact) mass is 471 g/mol. The van der Waals surface area contributed by atoms with Gasteiger partial charge in [-0.05, 0) is 61.4 Å². The van der Waals surface area contributed by atoms with E-state index in [0.717, 1.165) is 11.1 Å². The normalized spacial score (nSPS) is 18.4. The third-order valence-electron chi connectivity index (χ3n) is 5.31. The summed E-state index contributed by atoms with van der Waals surface area (Å²) in [6, 6.07) is 22.2.